The van der Waals surface area contributed by atoms with Crippen molar-refractivity contribution in [3.8, 4) is 17.9 Å². The van der Waals surface area contributed by atoms with E-state index in [2.05, 4.69) is 11.8 Å². The molecule has 70 valence electrons. The Hall–Kier alpha value is -1.84. The third-order valence-corrected chi connectivity index (χ3v) is 1.59. The summed E-state index contributed by atoms with van der Waals surface area (Å²) < 4.78 is 13.0. The lowest BCUT2D eigenvalue weighted by molar-refractivity contribution is 0.623. The lowest BCUT2D eigenvalue weighted by atomic mass is 10.1. The maximum absolute atomic E-state index is 13.0. The van der Waals surface area contributed by atoms with Gasteiger partial charge in [-0.25, -0.2) is 4.39 Å². The van der Waals surface area contributed by atoms with Crippen LogP contribution in [0.25, 0.3) is 0 Å². The number of halogens is 1. The molecule has 1 aromatic carbocycles. The number of benzene rings is 1. The van der Waals surface area contributed by atoms with Crippen LogP contribution in [0.3, 0.4) is 0 Å². The van der Waals surface area contributed by atoms with E-state index >= 15 is 0 Å². The summed E-state index contributed by atoms with van der Waals surface area (Å²) in [5.41, 5.74) is 5.85. The Labute approximate surface area is 82.2 Å². The highest BCUT2D eigenvalue weighted by atomic mass is 19.1. The van der Waals surface area contributed by atoms with Crippen LogP contribution in [0.4, 0.5) is 4.39 Å². The first-order chi connectivity index (χ1) is 6.77. The van der Waals surface area contributed by atoms with Gasteiger partial charge in [0.05, 0.1) is 5.56 Å². The molecule has 0 aliphatic carbocycles. The molecule has 0 saturated heterocycles. The molecule has 0 unspecified atom stereocenters. The van der Waals surface area contributed by atoms with Crippen molar-refractivity contribution >= 4 is 0 Å². The van der Waals surface area contributed by atoms with Gasteiger partial charge in [0.15, 0.2) is 0 Å². The molecule has 0 bridgehead atoms. The third-order valence-electron chi connectivity index (χ3n) is 1.59. The molecule has 1 aromatic rings. The standard InChI is InChI=1S/C11H9FN2/c12-11-7-9(3-1-2-6-13)4-5-10(11)8-14/h4-5,7H,2,6,13H2. The minimum Gasteiger partial charge on any atom is -0.330 e. The molecule has 1 rings (SSSR count). The molecule has 3 heteroatoms. The summed E-state index contributed by atoms with van der Waals surface area (Å²) in [7, 11) is 0. The van der Waals surface area contributed by atoms with Gasteiger partial charge in [-0.3, -0.25) is 0 Å². The minimum atomic E-state index is -0.535. The summed E-state index contributed by atoms with van der Waals surface area (Å²) >= 11 is 0. The molecular weight excluding hydrogens is 179 g/mol. The lowest BCUT2D eigenvalue weighted by Gasteiger charge is -1.93. The van der Waals surface area contributed by atoms with Gasteiger partial charge in [0.2, 0.25) is 0 Å². The van der Waals surface area contributed by atoms with Crippen molar-refractivity contribution in [2.24, 2.45) is 5.73 Å². The van der Waals surface area contributed by atoms with Crippen LogP contribution in [0.2, 0.25) is 0 Å². The number of hydrogen-bond acceptors (Lipinski definition) is 2. The molecule has 0 aliphatic heterocycles. The average molecular weight is 188 g/mol. The normalized spacial score (nSPS) is 8.64. The van der Waals surface area contributed by atoms with Gasteiger partial charge in [-0.15, -0.1) is 0 Å². The third kappa shape index (κ3) is 2.58. The molecule has 0 heterocycles. The zero-order valence-corrected chi connectivity index (χ0v) is 7.55. The molecule has 2 nitrogen and oxygen atoms in total. The highest BCUT2D eigenvalue weighted by Gasteiger charge is 1.99. The first-order valence-electron chi connectivity index (χ1n) is 4.16. The van der Waals surface area contributed by atoms with E-state index in [4.69, 9.17) is 11.0 Å². The van der Waals surface area contributed by atoms with E-state index in [0.717, 1.165) is 0 Å². The zero-order valence-electron chi connectivity index (χ0n) is 7.55. The molecule has 0 atom stereocenters. The van der Waals surface area contributed by atoms with Crippen LogP contribution in [-0.4, -0.2) is 6.54 Å². The molecular formula is C11H9FN2. The van der Waals surface area contributed by atoms with Crippen molar-refractivity contribution < 1.29 is 4.39 Å². The Balaban J connectivity index is 2.89. The van der Waals surface area contributed by atoms with Crippen LogP contribution >= 0.6 is 0 Å². The molecule has 0 aliphatic rings. The molecule has 0 saturated carbocycles. The van der Waals surface area contributed by atoms with Gasteiger partial charge >= 0.3 is 0 Å². The van der Waals surface area contributed by atoms with Crippen LogP contribution in [0, 0.1) is 29.0 Å². The van der Waals surface area contributed by atoms with Crippen LogP contribution in [0.5, 0.6) is 0 Å². The largest absolute Gasteiger partial charge is 0.330 e. The Morgan fingerprint density at radius 3 is 2.79 bits per heavy atom. The number of nitrogens with zero attached hydrogens (tertiary/aromatic N) is 1. The monoisotopic (exact) mass is 188 g/mol. The summed E-state index contributed by atoms with van der Waals surface area (Å²) in [6, 6.07) is 6.03. The summed E-state index contributed by atoms with van der Waals surface area (Å²) in [6.45, 7) is 0.492. The van der Waals surface area contributed by atoms with E-state index < -0.39 is 5.82 Å². The molecule has 14 heavy (non-hydrogen) atoms. The van der Waals surface area contributed by atoms with Crippen LogP contribution in [-0.2, 0) is 0 Å². The van der Waals surface area contributed by atoms with Crippen molar-refractivity contribution in [1.29, 1.82) is 5.26 Å². The maximum Gasteiger partial charge on any atom is 0.142 e. The van der Waals surface area contributed by atoms with Gasteiger partial charge in [-0.05, 0) is 18.2 Å². The highest BCUT2D eigenvalue weighted by Crippen LogP contribution is 2.08. The van der Waals surface area contributed by atoms with E-state index in [9.17, 15) is 4.39 Å². The maximum atomic E-state index is 13.0. The van der Waals surface area contributed by atoms with Crippen molar-refractivity contribution in [3.63, 3.8) is 0 Å². The fraction of sp³-hybridized carbons (Fsp3) is 0.182. The molecule has 0 fully saturated rings. The zero-order chi connectivity index (χ0) is 10.4. The molecule has 0 amide bonds. The number of hydrogen-bond donors (Lipinski definition) is 1. The fourth-order valence-electron chi connectivity index (χ4n) is 0.920. The summed E-state index contributed by atoms with van der Waals surface area (Å²) in [6.07, 6.45) is 0.585. The van der Waals surface area contributed by atoms with E-state index in [1.54, 1.807) is 12.1 Å². The average Bonchev–Trinajstić information content (AvgIpc) is 2.18. The van der Waals surface area contributed by atoms with E-state index in [-0.39, 0.29) is 5.56 Å². The highest BCUT2D eigenvalue weighted by molar-refractivity contribution is 5.40. The number of nitrogens with two attached hydrogens (primary N) is 1. The molecule has 0 radical (unpaired) electrons. The Morgan fingerprint density at radius 1 is 1.43 bits per heavy atom. The van der Waals surface area contributed by atoms with Gasteiger partial charge < -0.3 is 5.73 Å². The Kier molecular flexibility index (Phi) is 3.67. The van der Waals surface area contributed by atoms with E-state index in [0.29, 0.717) is 18.5 Å². The van der Waals surface area contributed by atoms with Crippen LogP contribution < -0.4 is 5.73 Å². The number of nitriles is 1. The second-order valence-electron chi connectivity index (χ2n) is 2.65. The van der Waals surface area contributed by atoms with Crippen LogP contribution in [0.1, 0.15) is 17.5 Å². The predicted molar refractivity (Wildman–Crippen MR) is 51.7 cm³/mol. The second kappa shape index (κ2) is 5.01. The first-order valence-corrected chi connectivity index (χ1v) is 4.16. The quantitative estimate of drug-likeness (QED) is 0.677. The second-order valence-corrected chi connectivity index (χ2v) is 2.65. The van der Waals surface area contributed by atoms with Crippen molar-refractivity contribution in [2.45, 2.75) is 6.42 Å². The van der Waals surface area contributed by atoms with E-state index in [1.807, 2.05) is 0 Å². The first kappa shape index (κ1) is 10.2. The Bertz CT molecular complexity index is 421. The Morgan fingerprint density at radius 2 is 2.21 bits per heavy atom. The summed E-state index contributed by atoms with van der Waals surface area (Å²) in [4.78, 5) is 0. The predicted octanol–water partition coefficient (Wildman–Crippen LogP) is 1.40. The van der Waals surface area contributed by atoms with Gasteiger partial charge in [0.25, 0.3) is 0 Å². The smallest absolute Gasteiger partial charge is 0.142 e. The van der Waals surface area contributed by atoms with Gasteiger partial charge in [0, 0.05) is 18.5 Å². The van der Waals surface area contributed by atoms with Crippen LogP contribution in [0.15, 0.2) is 18.2 Å². The SMILES string of the molecule is N#Cc1ccc(C#CCCN)cc1F. The van der Waals surface area contributed by atoms with Crippen molar-refractivity contribution in [1.82, 2.24) is 0 Å². The van der Waals surface area contributed by atoms with Gasteiger partial charge in [-0.1, -0.05) is 11.8 Å². The molecule has 0 spiro atoms. The summed E-state index contributed by atoms with van der Waals surface area (Å²) in [5, 5.41) is 8.48. The lowest BCUT2D eigenvalue weighted by Crippen LogP contribution is -1.95. The number of rotatable bonds is 1. The van der Waals surface area contributed by atoms with Gasteiger partial charge in [-0.2, -0.15) is 5.26 Å². The fourth-order valence-corrected chi connectivity index (χ4v) is 0.920. The van der Waals surface area contributed by atoms with Gasteiger partial charge in [0.1, 0.15) is 11.9 Å². The minimum absolute atomic E-state index is 0.0365. The van der Waals surface area contributed by atoms with Crippen molar-refractivity contribution in [3.05, 3.63) is 35.1 Å². The molecule has 2 N–H and O–H groups in total. The summed E-state index contributed by atoms with van der Waals surface area (Å²) in [5.74, 6) is 5.01. The molecule has 0 aromatic heterocycles. The van der Waals surface area contributed by atoms with E-state index in [1.165, 1.54) is 12.1 Å². The topological polar surface area (TPSA) is 49.8 Å². The van der Waals surface area contributed by atoms with Crippen molar-refractivity contribution in [2.75, 3.05) is 6.54 Å².